The van der Waals surface area contributed by atoms with Crippen molar-refractivity contribution in [2.45, 2.75) is 32.4 Å². The zero-order chi connectivity index (χ0) is 14.1. The van der Waals surface area contributed by atoms with Gasteiger partial charge in [-0.25, -0.2) is 0 Å². The number of nitrogens with one attached hydrogen (secondary N) is 1. The van der Waals surface area contributed by atoms with E-state index in [9.17, 15) is 5.11 Å². The second kappa shape index (κ2) is 8.91. The molecule has 2 atom stereocenters. The van der Waals surface area contributed by atoms with Gasteiger partial charge in [-0.2, -0.15) is 0 Å². The minimum Gasteiger partial charge on any atom is -0.490 e. The van der Waals surface area contributed by atoms with E-state index >= 15 is 0 Å². The molecule has 0 aromatic heterocycles. The number of rotatable bonds is 9. The summed E-state index contributed by atoms with van der Waals surface area (Å²) < 4.78 is 10.9. The van der Waals surface area contributed by atoms with Crippen LogP contribution in [0, 0.1) is 0 Å². The van der Waals surface area contributed by atoms with Crippen molar-refractivity contribution >= 4 is 0 Å². The van der Waals surface area contributed by atoms with Crippen LogP contribution in [0.3, 0.4) is 0 Å². The fourth-order valence-corrected chi connectivity index (χ4v) is 1.97. The second-order valence-corrected chi connectivity index (χ2v) is 4.41. The van der Waals surface area contributed by atoms with E-state index in [0.717, 1.165) is 17.7 Å². The van der Waals surface area contributed by atoms with Crippen LogP contribution < -0.4 is 10.1 Å². The lowest BCUT2D eigenvalue weighted by Gasteiger charge is -2.20. The molecule has 19 heavy (non-hydrogen) atoms. The maximum atomic E-state index is 9.72. The molecule has 0 fully saturated rings. The first-order valence-corrected chi connectivity index (χ1v) is 6.87. The second-order valence-electron chi connectivity index (χ2n) is 4.41. The topological polar surface area (TPSA) is 50.7 Å². The number of ether oxygens (including phenoxy) is 2. The van der Waals surface area contributed by atoms with E-state index in [1.54, 1.807) is 0 Å². The van der Waals surface area contributed by atoms with Crippen LogP contribution in [0.15, 0.2) is 24.3 Å². The van der Waals surface area contributed by atoms with Gasteiger partial charge in [-0.15, -0.1) is 0 Å². The molecule has 0 aliphatic carbocycles. The number of para-hydroxylation sites is 1. The fourth-order valence-electron chi connectivity index (χ4n) is 1.97. The van der Waals surface area contributed by atoms with Crippen molar-refractivity contribution in [2.24, 2.45) is 0 Å². The number of hydrogen-bond acceptors (Lipinski definition) is 4. The van der Waals surface area contributed by atoms with E-state index in [2.05, 4.69) is 18.3 Å². The lowest BCUT2D eigenvalue weighted by atomic mass is 10.0. The highest BCUT2D eigenvalue weighted by molar-refractivity contribution is 5.35. The molecule has 4 heteroatoms. The zero-order valence-corrected chi connectivity index (χ0v) is 12.1. The van der Waals surface area contributed by atoms with Gasteiger partial charge in [0.25, 0.3) is 0 Å². The van der Waals surface area contributed by atoms with Crippen molar-refractivity contribution in [3.63, 3.8) is 0 Å². The van der Waals surface area contributed by atoms with Crippen LogP contribution in [0.2, 0.25) is 0 Å². The fraction of sp³-hybridized carbons (Fsp3) is 0.600. The highest BCUT2D eigenvalue weighted by atomic mass is 16.5. The van der Waals surface area contributed by atoms with Crippen LogP contribution in [0.1, 0.15) is 31.9 Å². The summed E-state index contributed by atoms with van der Waals surface area (Å²) >= 11 is 0. The molecule has 0 spiro atoms. The van der Waals surface area contributed by atoms with E-state index in [-0.39, 0.29) is 12.6 Å². The number of aliphatic hydroxyl groups is 1. The molecular weight excluding hydrogens is 242 g/mol. The molecule has 0 saturated carbocycles. The number of hydrogen-bond donors (Lipinski definition) is 2. The van der Waals surface area contributed by atoms with E-state index in [4.69, 9.17) is 9.47 Å². The van der Waals surface area contributed by atoms with Gasteiger partial charge in [0.05, 0.1) is 6.61 Å². The largest absolute Gasteiger partial charge is 0.490 e. The van der Waals surface area contributed by atoms with Crippen molar-refractivity contribution < 1.29 is 14.6 Å². The molecule has 1 aromatic rings. The third-order valence-electron chi connectivity index (χ3n) is 3.00. The average molecular weight is 267 g/mol. The van der Waals surface area contributed by atoms with Gasteiger partial charge in [-0.05, 0) is 26.5 Å². The molecule has 2 N–H and O–H groups in total. The molecular formula is C15H25NO3. The van der Waals surface area contributed by atoms with Crippen molar-refractivity contribution in [3.8, 4) is 5.75 Å². The molecule has 0 bridgehead atoms. The van der Waals surface area contributed by atoms with Crippen LogP contribution in [0.25, 0.3) is 0 Å². The van der Waals surface area contributed by atoms with Gasteiger partial charge in [-0.3, -0.25) is 0 Å². The quantitative estimate of drug-likeness (QED) is 0.719. The van der Waals surface area contributed by atoms with Gasteiger partial charge < -0.3 is 19.9 Å². The number of benzene rings is 1. The first-order valence-electron chi connectivity index (χ1n) is 6.87. The summed E-state index contributed by atoms with van der Waals surface area (Å²) in [6.07, 6.45) is 0.390. The maximum Gasteiger partial charge on any atom is 0.124 e. The molecule has 0 aliphatic rings. The molecule has 0 saturated heterocycles. The Morgan fingerprint density at radius 2 is 1.95 bits per heavy atom. The summed E-state index contributed by atoms with van der Waals surface area (Å²) in [7, 11) is 1.94. The molecule has 4 nitrogen and oxygen atoms in total. The van der Waals surface area contributed by atoms with Crippen molar-refractivity contribution in [2.75, 3.05) is 26.9 Å². The highest BCUT2D eigenvalue weighted by Crippen LogP contribution is 2.26. The SMILES string of the molecule is CCOCC(O)COc1ccccc1C(CC)NC. The minimum absolute atomic E-state index is 0.247. The molecule has 1 rings (SSSR count). The standard InChI is InChI=1S/C15H25NO3/c1-4-14(16-3)13-8-6-7-9-15(13)19-11-12(17)10-18-5-2/h6-9,12,14,16-17H,4-5,10-11H2,1-3H3. The smallest absolute Gasteiger partial charge is 0.124 e. The summed E-state index contributed by atoms with van der Waals surface area (Å²) in [6.45, 7) is 5.19. The van der Waals surface area contributed by atoms with Crippen molar-refractivity contribution in [3.05, 3.63) is 29.8 Å². The maximum absolute atomic E-state index is 9.72. The summed E-state index contributed by atoms with van der Waals surface area (Å²) in [5.74, 6) is 0.819. The number of aliphatic hydroxyl groups excluding tert-OH is 1. The molecule has 0 aliphatic heterocycles. The predicted octanol–water partition coefficient (Wildman–Crippen LogP) is 2.13. The van der Waals surface area contributed by atoms with Gasteiger partial charge in [0.1, 0.15) is 18.5 Å². The Hall–Kier alpha value is -1.10. The lowest BCUT2D eigenvalue weighted by Crippen LogP contribution is -2.24. The van der Waals surface area contributed by atoms with Gasteiger partial charge in [-0.1, -0.05) is 25.1 Å². The Morgan fingerprint density at radius 3 is 2.58 bits per heavy atom. The van der Waals surface area contributed by atoms with Crippen LogP contribution in [0.5, 0.6) is 5.75 Å². The van der Waals surface area contributed by atoms with Crippen molar-refractivity contribution in [1.82, 2.24) is 5.32 Å². The van der Waals surface area contributed by atoms with Gasteiger partial charge >= 0.3 is 0 Å². The Bertz CT molecular complexity index is 353. The van der Waals surface area contributed by atoms with Gasteiger partial charge in [0, 0.05) is 18.2 Å². The van der Waals surface area contributed by atoms with E-state index in [1.807, 2.05) is 32.2 Å². The molecule has 2 unspecified atom stereocenters. The van der Waals surface area contributed by atoms with E-state index < -0.39 is 6.10 Å². The van der Waals surface area contributed by atoms with Gasteiger partial charge in [0.15, 0.2) is 0 Å². The first kappa shape index (κ1) is 16.0. The molecule has 108 valence electrons. The Morgan fingerprint density at radius 1 is 1.21 bits per heavy atom. The third-order valence-corrected chi connectivity index (χ3v) is 3.00. The lowest BCUT2D eigenvalue weighted by molar-refractivity contribution is 0.0161. The Labute approximate surface area is 115 Å². The summed E-state index contributed by atoms with van der Waals surface area (Å²) in [6, 6.07) is 8.19. The monoisotopic (exact) mass is 267 g/mol. The molecule has 1 aromatic carbocycles. The van der Waals surface area contributed by atoms with Crippen LogP contribution in [-0.4, -0.2) is 38.1 Å². The van der Waals surface area contributed by atoms with E-state index in [0.29, 0.717) is 13.2 Å². The summed E-state index contributed by atoms with van der Waals surface area (Å²) in [5.41, 5.74) is 1.12. The summed E-state index contributed by atoms with van der Waals surface area (Å²) in [5, 5.41) is 13.0. The van der Waals surface area contributed by atoms with Crippen LogP contribution in [0.4, 0.5) is 0 Å². The Kier molecular flexibility index (Phi) is 7.48. The van der Waals surface area contributed by atoms with Crippen LogP contribution >= 0.6 is 0 Å². The zero-order valence-electron chi connectivity index (χ0n) is 12.1. The average Bonchev–Trinajstić information content (AvgIpc) is 2.45. The first-order chi connectivity index (χ1) is 9.22. The molecule has 0 radical (unpaired) electrons. The summed E-state index contributed by atoms with van der Waals surface area (Å²) in [4.78, 5) is 0. The van der Waals surface area contributed by atoms with E-state index in [1.165, 1.54) is 0 Å². The molecule has 0 amide bonds. The normalized spacial score (nSPS) is 14.1. The van der Waals surface area contributed by atoms with Crippen molar-refractivity contribution in [1.29, 1.82) is 0 Å². The minimum atomic E-state index is -0.595. The van der Waals surface area contributed by atoms with Gasteiger partial charge in [0.2, 0.25) is 0 Å². The predicted molar refractivity (Wildman–Crippen MR) is 76.5 cm³/mol. The Balaban J connectivity index is 2.62. The highest BCUT2D eigenvalue weighted by Gasteiger charge is 2.13. The third kappa shape index (κ3) is 5.19. The molecule has 0 heterocycles. The van der Waals surface area contributed by atoms with Crippen LogP contribution in [-0.2, 0) is 4.74 Å².